The van der Waals surface area contributed by atoms with Gasteiger partial charge in [-0.1, -0.05) is 12.8 Å². The number of hydrogen-bond acceptors (Lipinski definition) is 4. The number of hydrogen-bond donors (Lipinski definition) is 2. The van der Waals surface area contributed by atoms with Crippen molar-refractivity contribution in [2.24, 2.45) is 0 Å². The molecule has 0 bridgehead atoms. The average molecular weight is 276 g/mol. The van der Waals surface area contributed by atoms with Crippen LogP contribution in [0.4, 0.5) is 0 Å². The molecule has 6 heteroatoms. The summed E-state index contributed by atoms with van der Waals surface area (Å²) in [6.45, 7) is 2.89. The molecule has 1 aliphatic carbocycles. The summed E-state index contributed by atoms with van der Waals surface area (Å²) in [5.41, 5.74) is 0. The van der Waals surface area contributed by atoms with E-state index in [1.807, 2.05) is 0 Å². The summed E-state index contributed by atoms with van der Waals surface area (Å²) in [6.07, 6.45) is 6.04. The highest BCUT2D eigenvalue weighted by atomic mass is 32.2. The van der Waals surface area contributed by atoms with Crippen LogP contribution in [0.3, 0.4) is 0 Å². The molecule has 1 saturated carbocycles. The molecule has 0 spiro atoms. The summed E-state index contributed by atoms with van der Waals surface area (Å²) in [5.74, 6) is 0. The summed E-state index contributed by atoms with van der Waals surface area (Å²) in [7, 11) is -3.11. The number of piperidine rings is 1. The first-order valence-corrected chi connectivity index (χ1v) is 8.54. The molecule has 1 aliphatic heterocycles. The number of nitrogens with one attached hydrogen (secondary N) is 2. The van der Waals surface area contributed by atoms with Gasteiger partial charge in [0.1, 0.15) is 0 Å². The first-order chi connectivity index (χ1) is 8.68. The predicted octanol–water partition coefficient (Wildman–Crippen LogP) is 0.617. The second-order valence-electron chi connectivity index (χ2n) is 5.17. The zero-order valence-corrected chi connectivity index (χ0v) is 11.7. The van der Waals surface area contributed by atoms with Crippen LogP contribution >= 0.6 is 0 Å². The topological polar surface area (TPSA) is 67.4 Å². The first-order valence-electron chi connectivity index (χ1n) is 6.99. The molecule has 0 amide bonds. The van der Waals surface area contributed by atoms with Crippen LogP contribution in [0, 0.1) is 0 Å². The molecule has 0 aromatic carbocycles. The minimum absolute atomic E-state index is 0.170. The van der Waals surface area contributed by atoms with Crippen LogP contribution in [0.25, 0.3) is 0 Å². The summed E-state index contributed by atoms with van der Waals surface area (Å²) in [6, 6.07) is 0. The van der Waals surface area contributed by atoms with E-state index in [9.17, 15) is 8.42 Å². The fourth-order valence-corrected chi connectivity index (χ4v) is 4.25. The largest absolute Gasteiger partial charge is 0.377 e. The molecule has 106 valence electrons. The molecule has 0 radical (unpaired) electrons. The molecule has 1 heterocycles. The van der Waals surface area contributed by atoms with Crippen molar-refractivity contribution in [3.63, 3.8) is 0 Å². The average Bonchev–Trinajstić information content (AvgIpc) is 2.91. The van der Waals surface area contributed by atoms with Gasteiger partial charge in [-0.2, -0.15) is 0 Å². The number of rotatable bonds is 6. The van der Waals surface area contributed by atoms with Gasteiger partial charge in [0.05, 0.1) is 18.0 Å². The Morgan fingerprint density at radius 3 is 2.44 bits per heavy atom. The third-order valence-electron chi connectivity index (χ3n) is 3.79. The molecule has 2 rings (SSSR count). The van der Waals surface area contributed by atoms with Crippen LogP contribution in [-0.2, 0) is 14.8 Å². The van der Waals surface area contributed by atoms with Crippen molar-refractivity contribution in [2.45, 2.75) is 49.9 Å². The van der Waals surface area contributed by atoms with Crippen molar-refractivity contribution in [3.8, 4) is 0 Å². The smallest absolute Gasteiger partial charge is 0.214 e. The second-order valence-corrected chi connectivity index (χ2v) is 7.21. The van der Waals surface area contributed by atoms with Crippen LogP contribution in [0.5, 0.6) is 0 Å². The van der Waals surface area contributed by atoms with E-state index in [0.29, 0.717) is 19.3 Å². The van der Waals surface area contributed by atoms with Crippen LogP contribution in [0.1, 0.15) is 38.5 Å². The minimum atomic E-state index is -3.11. The lowest BCUT2D eigenvalue weighted by Crippen LogP contribution is -2.37. The standard InChI is InChI=1S/C12H24N2O3S/c15-18(16,12-3-1-2-4-12)14-9-10-17-11-5-7-13-8-6-11/h11-14H,1-10H2. The SMILES string of the molecule is O=S(=O)(NCCOC1CCNCC1)C1CCCC1. The lowest BCUT2D eigenvalue weighted by atomic mass is 10.1. The second kappa shape index (κ2) is 6.84. The maximum Gasteiger partial charge on any atom is 0.214 e. The molecule has 1 saturated heterocycles. The van der Waals surface area contributed by atoms with Crippen molar-refractivity contribution >= 4 is 10.0 Å². The zero-order chi connectivity index (χ0) is 12.8. The van der Waals surface area contributed by atoms with Crippen molar-refractivity contribution < 1.29 is 13.2 Å². The van der Waals surface area contributed by atoms with Gasteiger partial charge in [-0.25, -0.2) is 13.1 Å². The van der Waals surface area contributed by atoms with E-state index >= 15 is 0 Å². The van der Waals surface area contributed by atoms with Crippen molar-refractivity contribution in [2.75, 3.05) is 26.2 Å². The highest BCUT2D eigenvalue weighted by Gasteiger charge is 2.28. The van der Waals surface area contributed by atoms with Crippen molar-refractivity contribution in [3.05, 3.63) is 0 Å². The molecule has 5 nitrogen and oxygen atoms in total. The molecule has 0 atom stereocenters. The van der Waals surface area contributed by atoms with Crippen LogP contribution < -0.4 is 10.0 Å². The van der Waals surface area contributed by atoms with Gasteiger partial charge in [0.2, 0.25) is 10.0 Å². The molecule has 18 heavy (non-hydrogen) atoms. The Morgan fingerprint density at radius 1 is 1.11 bits per heavy atom. The van der Waals surface area contributed by atoms with Gasteiger partial charge in [-0.3, -0.25) is 0 Å². The lowest BCUT2D eigenvalue weighted by Gasteiger charge is -2.23. The van der Waals surface area contributed by atoms with Gasteiger partial charge in [0.25, 0.3) is 0 Å². The Labute approximate surface area is 110 Å². The normalized spacial score (nSPS) is 23.6. The van der Waals surface area contributed by atoms with Crippen molar-refractivity contribution in [1.82, 2.24) is 10.0 Å². The van der Waals surface area contributed by atoms with E-state index in [1.165, 1.54) is 0 Å². The summed E-state index contributed by atoms with van der Waals surface area (Å²) >= 11 is 0. The van der Waals surface area contributed by atoms with Gasteiger partial charge in [0.15, 0.2) is 0 Å². The van der Waals surface area contributed by atoms with Gasteiger partial charge in [0, 0.05) is 6.54 Å². The Bertz CT molecular complexity index is 333. The first kappa shape index (κ1) is 14.2. The fourth-order valence-electron chi connectivity index (χ4n) is 2.69. The highest BCUT2D eigenvalue weighted by molar-refractivity contribution is 7.90. The summed E-state index contributed by atoms with van der Waals surface area (Å²) in [4.78, 5) is 0. The van der Waals surface area contributed by atoms with Crippen LogP contribution in [0.15, 0.2) is 0 Å². The van der Waals surface area contributed by atoms with Gasteiger partial charge in [-0.05, 0) is 38.8 Å². The third kappa shape index (κ3) is 4.19. The molecule has 0 aromatic rings. The number of sulfonamides is 1. The Balaban J connectivity index is 1.62. The zero-order valence-electron chi connectivity index (χ0n) is 10.9. The molecular weight excluding hydrogens is 252 g/mol. The fraction of sp³-hybridized carbons (Fsp3) is 1.00. The maximum atomic E-state index is 11.9. The van der Waals surface area contributed by atoms with E-state index in [1.54, 1.807) is 0 Å². The molecular formula is C12H24N2O3S. The number of ether oxygens (including phenoxy) is 1. The van der Waals surface area contributed by atoms with E-state index in [4.69, 9.17) is 4.74 Å². The third-order valence-corrected chi connectivity index (χ3v) is 5.74. The van der Waals surface area contributed by atoms with E-state index in [0.717, 1.165) is 51.6 Å². The molecule has 2 fully saturated rings. The van der Waals surface area contributed by atoms with Crippen LogP contribution in [0.2, 0.25) is 0 Å². The molecule has 0 unspecified atom stereocenters. The van der Waals surface area contributed by atoms with Gasteiger partial charge in [-0.15, -0.1) is 0 Å². The molecule has 0 aromatic heterocycles. The van der Waals surface area contributed by atoms with Crippen molar-refractivity contribution in [1.29, 1.82) is 0 Å². The Hall–Kier alpha value is -0.170. The summed E-state index contributed by atoms with van der Waals surface area (Å²) in [5, 5.41) is 3.10. The molecule has 2 N–H and O–H groups in total. The Kier molecular flexibility index (Phi) is 5.41. The van der Waals surface area contributed by atoms with Gasteiger partial charge >= 0.3 is 0 Å². The highest BCUT2D eigenvalue weighted by Crippen LogP contribution is 2.23. The van der Waals surface area contributed by atoms with Gasteiger partial charge < -0.3 is 10.1 Å². The quantitative estimate of drug-likeness (QED) is 0.698. The lowest BCUT2D eigenvalue weighted by molar-refractivity contribution is 0.0366. The van der Waals surface area contributed by atoms with E-state index in [-0.39, 0.29) is 5.25 Å². The maximum absolute atomic E-state index is 11.9. The molecule has 2 aliphatic rings. The predicted molar refractivity (Wildman–Crippen MR) is 71.0 cm³/mol. The minimum Gasteiger partial charge on any atom is -0.377 e. The monoisotopic (exact) mass is 276 g/mol. The van der Waals surface area contributed by atoms with E-state index < -0.39 is 10.0 Å². The summed E-state index contributed by atoms with van der Waals surface area (Å²) < 4.78 is 32.2. The Morgan fingerprint density at radius 2 is 1.78 bits per heavy atom. The van der Waals surface area contributed by atoms with Crippen LogP contribution in [-0.4, -0.2) is 46.0 Å². The van der Waals surface area contributed by atoms with E-state index in [2.05, 4.69) is 10.0 Å².